The number of para-hydroxylation sites is 1. The molecule has 0 aliphatic carbocycles. The number of ketones is 2. The second-order valence-corrected chi connectivity index (χ2v) is 25.7. The van der Waals surface area contributed by atoms with Gasteiger partial charge in [-0.05, 0) is 194 Å². The number of carbonyl (C=O) groups is 9. The monoisotopic (exact) mass is 1460 g/mol. The van der Waals surface area contributed by atoms with Gasteiger partial charge in [0.05, 0.1) is 57.2 Å². The summed E-state index contributed by atoms with van der Waals surface area (Å²) in [6.07, 6.45) is 2.22. The number of fused-ring (bicyclic) bond motifs is 3. The molecule has 2 atom stereocenters. The number of hydrogen-bond donors (Lipinski definition) is 5. The minimum Gasteiger partial charge on any atom is -0.497 e. The number of carboxylic acids is 5. The van der Waals surface area contributed by atoms with E-state index in [1.807, 2.05) is 97.9 Å². The maximum absolute atomic E-state index is 13.0. The van der Waals surface area contributed by atoms with Gasteiger partial charge in [-0.2, -0.15) is 0 Å². The number of halogens is 1. The van der Waals surface area contributed by atoms with Crippen LogP contribution in [0.15, 0.2) is 200 Å². The first-order valence-electron chi connectivity index (χ1n) is 33.7. The van der Waals surface area contributed by atoms with Crippen molar-refractivity contribution in [2.24, 2.45) is 13.0 Å². The van der Waals surface area contributed by atoms with Crippen LogP contribution >= 0.6 is 11.6 Å². The predicted octanol–water partition coefficient (Wildman–Crippen LogP) is 16.9. The fourth-order valence-electron chi connectivity index (χ4n) is 11.0. The molecule has 0 bridgehead atoms. The number of carbonyl (C=O) groups excluding carboxylic acids is 4. The molecular weight excluding hydrogens is 1370 g/mol. The molecule has 106 heavy (non-hydrogen) atoms. The summed E-state index contributed by atoms with van der Waals surface area (Å²) in [7, 11) is 6.55. The van der Waals surface area contributed by atoms with Crippen LogP contribution in [0.5, 0.6) is 23.0 Å². The summed E-state index contributed by atoms with van der Waals surface area (Å²) in [6.45, 7) is 14.3. The van der Waals surface area contributed by atoms with E-state index in [9.17, 15) is 48.3 Å². The van der Waals surface area contributed by atoms with E-state index in [4.69, 9.17) is 46.2 Å². The van der Waals surface area contributed by atoms with Gasteiger partial charge in [0.15, 0.2) is 0 Å². The second-order valence-electron chi connectivity index (χ2n) is 25.3. The zero-order valence-corrected chi connectivity index (χ0v) is 61.9. The van der Waals surface area contributed by atoms with Gasteiger partial charge in [-0.25, -0.2) is 4.79 Å². The Kier molecular flexibility index (Phi) is 30.8. The topological polar surface area (TPSA) is 302 Å². The van der Waals surface area contributed by atoms with Crippen molar-refractivity contribution in [3.63, 3.8) is 0 Å². The van der Waals surface area contributed by atoms with E-state index in [-0.39, 0.29) is 41.6 Å². The Morgan fingerprint density at radius 3 is 1.55 bits per heavy atom. The van der Waals surface area contributed by atoms with E-state index in [1.54, 1.807) is 140 Å². The van der Waals surface area contributed by atoms with Gasteiger partial charge in [-0.1, -0.05) is 140 Å². The predicted molar refractivity (Wildman–Crippen MR) is 409 cm³/mol. The molecule has 9 aromatic carbocycles. The van der Waals surface area contributed by atoms with E-state index >= 15 is 0 Å². The lowest BCUT2D eigenvalue weighted by molar-refractivity contribution is -0.139. The number of methoxy groups -OCH3 is 3. The Morgan fingerprint density at radius 1 is 0.509 bits per heavy atom. The standard InChI is InChI=1S/C19H16ClNO4.C15H15NO3.C15H16O2.C14H14O3.C13H18O2.C9H8O4/c1-11-15(10-18(22)23)16-9-14(25-2)7-8-17(16)21(11)19(24)12-3-5-13(20)6-4-12;1-10-3-5-11(6-4-10)15(19)13-8-7-12(16(13)2)9-14(17)18;1-11(16)3-4-12-5-6-14-10-15(17-2)8-7-13(14)9-12;1-9(14(15)16)10-3-4-12-8-13(17-2)6-5-11(12)7-10;1-9(2)8-11-4-6-12(7-5-11)10(3)13(14)15;1-6(10)13-8-5-3-2-4-7(8)9(11)12/h3-9H,10H2,1-2H3,(H,22,23);3-8H,9H2,1-2H3,(H,17,18);5-10H,3-4H2,1-2H3;3-9H,1-2H3,(H,15,16);4-7,9-10H,8H2,1-3H3,(H,14,15);2-5H,1H3,(H,11,12)/t;;;9-;;/m...0../s1. The number of esters is 1. The van der Waals surface area contributed by atoms with Crippen LogP contribution in [-0.4, -0.2) is 109 Å². The van der Waals surface area contributed by atoms with Crippen LogP contribution in [0.1, 0.15) is 141 Å². The van der Waals surface area contributed by atoms with Crippen molar-refractivity contribution in [3.8, 4) is 23.0 Å². The molecule has 2 aromatic heterocycles. The average molecular weight is 1460 g/mol. The fourth-order valence-corrected chi connectivity index (χ4v) is 11.1. The third kappa shape index (κ3) is 24.0. The Labute approximate surface area is 620 Å². The highest BCUT2D eigenvalue weighted by atomic mass is 35.5. The number of Topliss-reactive ketones (excluding diaryl/α,β-unsaturated/α-hetero) is 1. The van der Waals surface area contributed by atoms with Gasteiger partial charge in [-0.3, -0.25) is 38.1 Å². The number of hydrogen-bond acceptors (Lipinski definition) is 13. The summed E-state index contributed by atoms with van der Waals surface area (Å²) in [6, 6.07) is 60.1. The minimum atomic E-state index is -1.11. The zero-order valence-electron chi connectivity index (χ0n) is 61.1. The third-order valence-corrected chi connectivity index (χ3v) is 17.2. The van der Waals surface area contributed by atoms with E-state index in [2.05, 4.69) is 36.8 Å². The highest BCUT2D eigenvalue weighted by Gasteiger charge is 2.23. The van der Waals surface area contributed by atoms with Crippen molar-refractivity contribution in [3.05, 3.63) is 272 Å². The summed E-state index contributed by atoms with van der Waals surface area (Å²) in [5, 5.41) is 50.2. The smallest absolute Gasteiger partial charge is 0.339 e. The van der Waals surface area contributed by atoms with Crippen molar-refractivity contribution in [1.82, 2.24) is 9.13 Å². The van der Waals surface area contributed by atoms with Crippen LogP contribution in [0.4, 0.5) is 0 Å². The van der Waals surface area contributed by atoms with Crippen LogP contribution in [-0.2, 0) is 61.5 Å². The molecule has 2 heterocycles. The summed E-state index contributed by atoms with van der Waals surface area (Å²) in [5.41, 5.74) is 9.28. The molecule has 0 radical (unpaired) electrons. The highest BCUT2D eigenvalue weighted by molar-refractivity contribution is 6.30. The Morgan fingerprint density at radius 2 is 1.01 bits per heavy atom. The lowest BCUT2D eigenvalue weighted by Crippen LogP contribution is -2.14. The highest BCUT2D eigenvalue weighted by Crippen LogP contribution is 2.32. The summed E-state index contributed by atoms with van der Waals surface area (Å²) in [4.78, 5) is 101. The quantitative estimate of drug-likeness (QED) is 0.0254. The van der Waals surface area contributed by atoms with Gasteiger partial charge in [0, 0.05) is 53.3 Å². The Hall–Kier alpha value is -12.2. The van der Waals surface area contributed by atoms with Crippen LogP contribution in [0.2, 0.25) is 5.02 Å². The number of carboxylic acid groups (broad SMARTS) is 5. The van der Waals surface area contributed by atoms with Gasteiger partial charge < -0.3 is 53.8 Å². The first-order valence-corrected chi connectivity index (χ1v) is 34.1. The molecular formula is C85H87ClN2O18. The van der Waals surface area contributed by atoms with Crippen molar-refractivity contribution in [2.75, 3.05) is 21.3 Å². The summed E-state index contributed by atoms with van der Waals surface area (Å²) in [5.74, 6) is -3.11. The molecule has 21 heteroatoms. The first kappa shape index (κ1) is 82.8. The van der Waals surface area contributed by atoms with Gasteiger partial charge in [0.1, 0.15) is 34.3 Å². The molecule has 20 nitrogen and oxygen atoms in total. The normalized spacial score (nSPS) is 11.0. The van der Waals surface area contributed by atoms with Crippen LogP contribution in [0.3, 0.4) is 0 Å². The molecule has 5 N–H and O–H groups in total. The zero-order chi connectivity index (χ0) is 78.1. The number of ether oxygens (including phenoxy) is 4. The van der Waals surface area contributed by atoms with Gasteiger partial charge in [0.2, 0.25) is 5.78 Å². The van der Waals surface area contributed by atoms with E-state index in [0.29, 0.717) is 67.8 Å². The summed E-state index contributed by atoms with van der Waals surface area (Å²) < 4.78 is 23.4. The number of aromatic carboxylic acids is 1. The number of benzene rings is 9. The number of rotatable bonds is 21. The molecule has 552 valence electrons. The molecule has 0 amide bonds. The van der Waals surface area contributed by atoms with Gasteiger partial charge in [-0.15, -0.1) is 0 Å². The van der Waals surface area contributed by atoms with Crippen LogP contribution < -0.4 is 18.9 Å². The SMILES string of the molecule is CC(=O)Oc1ccccc1C(=O)O.CC(C)Cc1ccc(C(C)C(=O)O)cc1.COc1ccc2c(c1)c(CC(=O)O)c(C)n2C(=O)c1ccc(Cl)cc1.COc1ccc2cc(CCC(C)=O)ccc2c1.COc1ccc2cc([C@H](C)C(=O)O)ccc2c1.Cc1ccc(C(=O)c2ccc(CC(=O)O)n2C)cc1. The third-order valence-electron chi connectivity index (χ3n) is 17.0. The van der Waals surface area contributed by atoms with E-state index < -0.39 is 47.7 Å². The first-order chi connectivity index (χ1) is 50.3. The number of nitrogens with zero attached hydrogens (tertiary/aromatic N) is 2. The molecule has 11 rings (SSSR count). The molecule has 0 saturated heterocycles. The van der Waals surface area contributed by atoms with Gasteiger partial charge >= 0.3 is 35.8 Å². The molecule has 11 aromatic rings. The fraction of sp³-hybridized carbons (Fsp3) is 0.235. The molecule has 0 aliphatic rings. The van der Waals surface area contributed by atoms with Crippen molar-refractivity contribution >= 4 is 97.3 Å². The van der Waals surface area contributed by atoms with Crippen molar-refractivity contribution < 1.29 is 87.6 Å². The maximum Gasteiger partial charge on any atom is 0.339 e. The van der Waals surface area contributed by atoms with Crippen LogP contribution in [0, 0.1) is 19.8 Å². The lowest BCUT2D eigenvalue weighted by atomic mass is 9.97. The number of aromatic nitrogens is 2. The molecule has 0 fully saturated rings. The number of aryl methyl sites for hydroxylation is 2. The average Bonchev–Trinajstić information content (AvgIpc) is 1.60. The minimum absolute atomic E-state index is 0.0160. The molecule has 1 unspecified atom stereocenters. The molecule has 0 spiro atoms. The second kappa shape index (κ2) is 39.5. The van der Waals surface area contributed by atoms with Crippen LogP contribution in [0.25, 0.3) is 32.4 Å². The Bertz CT molecular complexity index is 4940. The van der Waals surface area contributed by atoms with Gasteiger partial charge in [0.25, 0.3) is 5.91 Å². The largest absolute Gasteiger partial charge is 0.497 e. The van der Waals surface area contributed by atoms with Crippen molar-refractivity contribution in [2.45, 2.75) is 99.3 Å². The molecule has 0 aliphatic heterocycles. The number of aliphatic carboxylic acids is 4. The summed E-state index contributed by atoms with van der Waals surface area (Å²) >= 11 is 5.89. The maximum atomic E-state index is 13.0. The van der Waals surface area contributed by atoms with E-state index in [0.717, 1.165) is 57.2 Å². The molecule has 0 saturated carbocycles. The van der Waals surface area contributed by atoms with Crippen molar-refractivity contribution in [1.29, 1.82) is 0 Å². The van der Waals surface area contributed by atoms with E-state index in [1.165, 1.54) is 40.1 Å². The lowest BCUT2D eigenvalue weighted by Gasteiger charge is -2.09. The Balaban J connectivity index is 0.000000202.